The largest absolute Gasteiger partial charge is 0.303 e. The summed E-state index contributed by atoms with van der Waals surface area (Å²) in [5.74, 6) is 0. The highest BCUT2D eigenvalue weighted by molar-refractivity contribution is 7.09. The van der Waals surface area contributed by atoms with Crippen LogP contribution >= 0.6 is 11.3 Å². The fourth-order valence-corrected chi connectivity index (χ4v) is 1.74. The summed E-state index contributed by atoms with van der Waals surface area (Å²) < 4.78 is 0. The summed E-state index contributed by atoms with van der Waals surface area (Å²) in [5, 5.41) is 0. The molecule has 0 aliphatic rings. The van der Waals surface area contributed by atoms with Gasteiger partial charge in [-0.2, -0.15) is 0 Å². The highest BCUT2D eigenvalue weighted by Gasteiger charge is 1.99. The van der Waals surface area contributed by atoms with Gasteiger partial charge in [0, 0.05) is 11.3 Å². The van der Waals surface area contributed by atoms with E-state index in [0.717, 1.165) is 24.8 Å². The normalized spacial score (nSPS) is 9.91. The molecule has 1 aromatic rings. The molecule has 0 bridgehead atoms. The zero-order chi connectivity index (χ0) is 8.10. The lowest BCUT2D eigenvalue weighted by atomic mass is 10.2. The molecule has 0 saturated heterocycles. The first-order valence-corrected chi connectivity index (χ1v) is 4.55. The monoisotopic (exact) mass is 169 g/mol. The van der Waals surface area contributed by atoms with Gasteiger partial charge in [0.1, 0.15) is 6.29 Å². The van der Waals surface area contributed by atoms with E-state index in [1.165, 1.54) is 4.88 Å². The minimum absolute atomic E-state index is 0.664. The van der Waals surface area contributed by atoms with Crippen LogP contribution in [0.1, 0.15) is 23.4 Å². The van der Waals surface area contributed by atoms with Crippen LogP contribution in [0.2, 0.25) is 0 Å². The Balaban J connectivity index is 2.38. The fraction of sp³-hybridized carbons (Fsp3) is 0.500. The Bertz CT molecular complexity index is 232. The molecule has 1 rings (SSSR count). The number of aryl methyl sites for hydroxylation is 2. The molecular formula is C8H11NOS. The van der Waals surface area contributed by atoms with Gasteiger partial charge in [0.25, 0.3) is 0 Å². The van der Waals surface area contributed by atoms with Crippen molar-refractivity contribution in [1.29, 1.82) is 0 Å². The van der Waals surface area contributed by atoms with Crippen molar-refractivity contribution in [3.8, 4) is 0 Å². The van der Waals surface area contributed by atoms with Crippen molar-refractivity contribution in [2.45, 2.75) is 26.2 Å². The summed E-state index contributed by atoms with van der Waals surface area (Å²) in [6.45, 7) is 2.01. The molecule has 0 spiro atoms. The van der Waals surface area contributed by atoms with Crippen LogP contribution in [0.25, 0.3) is 0 Å². The quantitative estimate of drug-likeness (QED) is 0.509. The predicted molar refractivity (Wildman–Crippen MR) is 45.9 cm³/mol. The number of hydrogen-bond donors (Lipinski definition) is 0. The summed E-state index contributed by atoms with van der Waals surface area (Å²) in [6.07, 6.45) is 3.58. The van der Waals surface area contributed by atoms with Crippen LogP contribution in [0.4, 0.5) is 0 Å². The molecule has 3 heteroatoms. The Kier molecular flexibility index (Phi) is 3.23. The maximum absolute atomic E-state index is 10.0. The lowest BCUT2D eigenvalue weighted by Gasteiger charge is -1.93. The molecule has 0 atom stereocenters. The number of aromatic nitrogens is 1. The van der Waals surface area contributed by atoms with E-state index in [9.17, 15) is 4.79 Å². The summed E-state index contributed by atoms with van der Waals surface area (Å²) in [6, 6.07) is 0. The third kappa shape index (κ3) is 2.42. The van der Waals surface area contributed by atoms with E-state index in [1.807, 2.05) is 12.4 Å². The van der Waals surface area contributed by atoms with Gasteiger partial charge in [-0.15, -0.1) is 11.3 Å². The van der Waals surface area contributed by atoms with Gasteiger partial charge >= 0.3 is 0 Å². The van der Waals surface area contributed by atoms with Gasteiger partial charge in [-0.25, -0.2) is 4.98 Å². The van der Waals surface area contributed by atoms with E-state index >= 15 is 0 Å². The second-order valence-electron chi connectivity index (χ2n) is 2.42. The SMILES string of the molecule is Cc1ncsc1CCCC=O. The van der Waals surface area contributed by atoms with E-state index < -0.39 is 0 Å². The maximum Gasteiger partial charge on any atom is 0.120 e. The smallest absolute Gasteiger partial charge is 0.120 e. The standard InChI is InChI=1S/C8H11NOS/c1-7-8(11-6-9-7)4-2-3-5-10/h5-6H,2-4H2,1H3. The number of rotatable bonds is 4. The zero-order valence-corrected chi connectivity index (χ0v) is 7.36. The first kappa shape index (κ1) is 8.40. The molecule has 0 aliphatic carbocycles. The Hall–Kier alpha value is -0.700. The number of carbonyl (C=O) groups excluding carboxylic acids is 1. The average Bonchev–Trinajstić information content (AvgIpc) is 2.37. The highest BCUT2D eigenvalue weighted by Crippen LogP contribution is 2.14. The molecule has 60 valence electrons. The Morgan fingerprint density at radius 3 is 3.09 bits per heavy atom. The van der Waals surface area contributed by atoms with Gasteiger partial charge in [0.05, 0.1) is 11.2 Å². The van der Waals surface area contributed by atoms with Gasteiger partial charge in [-0.1, -0.05) is 0 Å². The first-order chi connectivity index (χ1) is 5.34. The Labute approximate surface area is 70.3 Å². The van der Waals surface area contributed by atoms with Crippen LogP contribution in [-0.4, -0.2) is 11.3 Å². The molecule has 1 heterocycles. The number of unbranched alkanes of at least 4 members (excludes halogenated alkanes) is 1. The molecule has 0 amide bonds. The zero-order valence-electron chi connectivity index (χ0n) is 6.54. The van der Waals surface area contributed by atoms with Crippen LogP contribution in [0.15, 0.2) is 5.51 Å². The number of thiazole rings is 1. The van der Waals surface area contributed by atoms with Crippen molar-refractivity contribution in [3.05, 3.63) is 16.1 Å². The van der Waals surface area contributed by atoms with Gasteiger partial charge in [0.2, 0.25) is 0 Å². The Morgan fingerprint density at radius 1 is 1.73 bits per heavy atom. The first-order valence-electron chi connectivity index (χ1n) is 3.67. The summed E-state index contributed by atoms with van der Waals surface area (Å²) in [4.78, 5) is 15.4. The number of aldehydes is 1. The molecule has 0 saturated carbocycles. The number of carbonyl (C=O) groups is 1. The third-order valence-corrected chi connectivity index (χ3v) is 2.57. The van der Waals surface area contributed by atoms with Crippen molar-refractivity contribution in [2.75, 3.05) is 0 Å². The topological polar surface area (TPSA) is 30.0 Å². The molecule has 0 unspecified atom stereocenters. The lowest BCUT2D eigenvalue weighted by molar-refractivity contribution is -0.107. The second kappa shape index (κ2) is 4.23. The average molecular weight is 169 g/mol. The van der Waals surface area contributed by atoms with Crippen LogP contribution in [0, 0.1) is 6.92 Å². The third-order valence-electron chi connectivity index (χ3n) is 1.57. The van der Waals surface area contributed by atoms with Crippen LogP contribution in [0.3, 0.4) is 0 Å². The van der Waals surface area contributed by atoms with E-state index in [-0.39, 0.29) is 0 Å². The minimum atomic E-state index is 0.664. The highest BCUT2D eigenvalue weighted by atomic mass is 32.1. The van der Waals surface area contributed by atoms with Gasteiger partial charge in [0.15, 0.2) is 0 Å². The minimum Gasteiger partial charge on any atom is -0.303 e. The van der Waals surface area contributed by atoms with Crippen molar-refractivity contribution >= 4 is 17.6 Å². The second-order valence-corrected chi connectivity index (χ2v) is 3.36. The van der Waals surface area contributed by atoms with Crippen LogP contribution < -0.4 is 0 Å². The summed E-state index contributed by atoms with van der Waals surface area (Å²) in [5.41, 5.74) is 2.96. The molecular weight excluding hydrogens is 158 g/mol. The van der Waals surface area contributed by atoms with Crippen LogP contribution in [-0.2, 0) is 11.2 Å². The van der Waals surface area contributed by atoms with Crippen molar-refractivity contribution in [2.24, 2.45) is 0 Å². The maximum atomic E-state index is 10.0. The van der Waals surface area contributed by atoms with E-state index in [1.54, 1.807) is 11.3 Å². The molecule has 2 nitrogen and oxygen atoms in total. The number of hydrogen-bond acceptors (Lipinski definition) is 3. The molecule has 0 aromatic carbocycles. The predicted octanol–water partition coefficient (Wildman–Crippen LogP) is 1.97. The van der Waals surface area contributed by atoms with Crippen molar-refractivity contribution in [3.63, 3.8) is 0 Å². The van der Waals surface area contributed by atoms with E-state index in [2.05, 4.69) is 4.98 Å². The van der Waals surface area contributed by atoms with Crippen molar-refractivity contribution in [1.82, 2.24) is 4.98 Å². The molecule has 0 aliphatic heterocycles. The number of nitrogens with zero attached hydrogens (tertiary/aromatic N) is 1. The molecule has 0 radical (unpaired) electrons. The Morgan fingerprint density at radius 2 is 2.55 bits per heavy atom. The van der Waals surface area contributed by atoms with Crippen molar-refractivity contribution < 1.29 is 4.79 Å². The van der Waals surface area contributed by atoms with Gasteiger partial charge in [-0.05, 0) is 19.8 Å². The van der Waals surface area contributed by atoms with E-state index in [4.69, 9.17) is 0 Å². The summed E-state index contributed by atoms with van der Waals surface area (Å²) >= 11 is 1.67. The molecule has 0 fully saturated rings. The lowest BCUT2D eigenvalue weighted by Crippen LogP contribution is -1.85. The van der Waals surface area contributed by atoms with Crippen LogP contribution in [0.5, 0.6) is 0 Å². The van der Waals surface area contributed by atoms with Gasteiger partial charge < -0.3 is 4.79 Å². The summed E-state index contributed by atoms with van der Waals surface area (Å²) in [7, 11) is 0. The molecule has 1 aromatic heterocycles. The fourth-order valence-electron chi connectivity index (χ4n) is 0.912. The van der Waals surface area contributed by atoms with Gasteiger partial charge in [-0.3, -0.25) is 0 Å². The molecule has 0 N–H and O–H groups in total. The van der Waals surface area contributed by atoms with E-state index in [0.29, 0.717) is 6.42 Å². The molecule has 11 heavy (non-hydrogen) atoms.